The number of nitrogens with two attached hydrogens (primary N) is 1. The third-order valence-electron chi connectivity index (χ3n) is 3.53. The topological polar surface area (TPSA) is 71.8 Å². The second kappa shape index (κ2) is 4.28. The summed E-state index contributed by atoms with van der Waals surface area (Å²) < 4.78 is 0. The fraction of sp³-hybridized carbons (Fsp3) is 0.667. The molecule has 0 bridgehead atoms. The molecule has 2 rings (SSSR count). The maximum atomic E-state index is 11.6. The Morgan fingerprint density at radius 1 is 1.44 bits per heavy atom. The zero-order valence-corrected chi connectivity index (χ0v) is 9.92. The summed E-state index contributed by atoms with van der Waals surface area (Å²) in [5.41, 5.74) is 6.16. The van der Waals surface area contributed by atoms with Crippen LogP contribution in [0.3, 0.4) is 0 Å². The van der Waals surface area contributed by atoms with E-state index in [1.165, 1.54) is 12.8 Å². The Balaban J connectivity index is 2.30. The molecule has 0 radical (unpaired) electrons. The Morgan fingerprint density at radius 3 is 2.81 bits per heavy atom. The first-order valence-corrected chi connectivity index (χ1v) is 5.94. The molecule has 0 aromatic carbocycles. The predicted molar refractivity (Wildman–Crippen MR) is 64.4 cm³/mol. The Hall–Kier alpha value is -1.32. The van der Waals surface area contributed by atoms with Crippen LogP contribution in [-0.4, -0.2) is 9.97 Å². The molecule has 1 aliphatic rings. The quantitative estimate of drug-likeness (QED) is 0.761. The normalized spacial score (nSPS) is 25.6. The molecule has 0 saturated heterocycles. The van der Waals surface area contributed by atoms with Crippen LogP contribution in [0.1, 0.15) is 49.9 Å². The summed E-state index contributed by atoms with van der Waals surface area (Å²) in [4.78, 5) is 18.8. The van der Waals surface area contributed by atoms with E-state index in [1.807, 2.05) is 0 Å². The molecule has 2 atom stereocenters. The van der Waals surface area contributed by atoms with Gasteiger partial charge in [0.15, 0.2) is 0 Å². The number of hydrogen-bond donors (Lipinski definition) is 2. The molecule has 1 saturated carbocycles. The monoisotopic (exact) mass is 221 g/mol. The van der Waals surface area contributed by atoms with Crippen molar-refractivity contribution >= 4 is 5.82 Å². The smallest absolute Gasteiger partial charge is 0.255 e. The van der Waals surface area contributed by atoms with E-state index in [0.717, 1.165) is 18.7 Å². The maximum Gasteiger partial charge on any atom is 0.255 e. The lowest BCUT2D eigenvalue weighted by Crippen LogP contribution is -2.22. The molecule has 1 aromatic heterocycles. The highest BCUT2D eigenvalue weighted by atomic mass is 16.1. The lowest BCUT2D eigenvalue weighted by molar-refractivity contribution is 0.335. The molecule has 1 fully saturated rings. The number of anilines is 1. The van der Waals surface area contributed by atoms with E-state index >= 15 is 0 Å². The van der Waals surface area contributed by atoms with Crippen molar-refractivity contribution in [3.63, 3.8) is 0 Å². The van der Waals surface area contributed by atoms with E-state index in [-0.39, 0.29) is 5.56 Å². The number of H-pyrrole nitrogens is 1. The Morgan fingerprint density at radius 2 is 2.19 bits per heavy atom. The van der Waals surface area contributed by atoms with Crippen molar-refractivity contribution in [2.24, 2.45) is 5.92 Å². The van der Waals surface area contributed by atoms with Gasteiger partial charge in [-0.2, -0.15) is 0 Å². The molecular weight excluding hydrogens is 202 g/mol. The average Bonchev–Trinajstić information content (AvgIpc) is 2.25. The fourth-order valence-electron chi connectivity index (χ4n) is 2.44. The van der Waals surface area contributed by atoms with Gasteiger partial charge in [0.2, 0.25) is 0 Å². The zero-order chi connectivity index (χ0) is 11.7. The van der Waals surface area contributed by atoms with Crippen molar-refractivity contribution in [2.45, 2.75) is 45.4 Å². The van der Waals surface area contributed by atoms with Crippen LogP contribution in [0.4, 0.5) is 5.82 Å². The van der Waals surface area contributed by atoms with Gasteiger partial charge in [0, 0.05) is 5.92 Å². The first-order chi connectivity index (χ1) is 7.58. The Labute approximate surface area is 95.3 Å². The molecule has 2 unspecified atom stereocenters. The molecule has 3 N–H and O–H groups in total. The molecular formula is C12H19N3O. The van der Waals surface area contributed by atoms with Gasteiger partial charge in [-0.05, 0) is 25.7 Å². The first kappa shape index (κ1) is 11.2. The minimum absolute atomic E-state index is 0.0965. The van der Waals surface area contributed by atoms with E-state index in [0.29, 0.717) is 23.2 Å². The standard InChI is InChI=1S/C12H19N3O/c1-7-4-3-5-9(6-7)11-14-10(13)8(2)12(16)15-11/h7,9H,3-6H2,1-2H3,(H3,13,14,15,16). The number of nitrogens with one attached hydrogen (secondary N) is 1. The number of nitrogen functional groups attached to an aromatic ring is 1. The van der Waals surface area contributed by atoms with E-state index < -0.39 is 0 Å². The van der Waals surface area contributed by atoms with Gasteiger partial charge in [0.05, 0.1) is 5.56 Å². The third kappa shape index (κ3) is 2.10. The highest BCUT2D eigenvalue weighted by Crippen LogP contribution is 2.34. The second-order valence-corrected chi connectivity index (χ2v) is 4.93. The first-order valence-electron chi connectivity index (χ1n) is 5.94. The fourth-order valence-corrected chi connectivity index (χ4v) is 2.44. The van der Waals surface area contributed by atoms with Crippen molar-refractivity contribution in [1.29, 1.82) is 0 Å². The Kier molecular flexibility index (Phi) is 2.99. The van der Waals surface area contributed by atoms with Crippen LogP contribution in [0.25, 0.3) is 0 Å². The highest BCUT2D eigenvalue weighted by molar-refractivity contribution is 5.36. The van der Waals surface area contributed by atoms with Crippen LogP contribution in [0.5, 0.6) is 0 Å². The van der Waals surface area contributed by atoms with Gasteiger partial charge in [0.25, 0.3) is 5.56 Å². The molecule has 4 nitrogen and oxygen atoms in total. The van der Waals surface area contributed by atoms with E-state index in [9.17, 15) is 4.79 Å². The zero-order valence-electron chi connectivity index (χ0n) is 9.92. The largest absolute Gasteiger partial charge is 0.383 e. The second-order valence-electron chi connectivity index (χ2n) is 4.93. The minimum Gasteiger partial charge on any atom is -0.383 e. The van der Waals surface area contributed by atoms with Crippen LogP contribution in [0, 0.1) is 12.8 Å². The van der Waals surface area contributed by atoms with E-state index in [4.69, 9.17) is 5.73 Å². The van der Waals surface area contributed by atoms with Crippen LogP contribution in [-0.2, 0) is 0 Å². The SMILES string of the molecule is Cc1c(N)nc(C2CCCC(C)C2)[nH]c1=O. The van der Waals surface area contributed by atoms with Crippen LogP contribution in [0.2, 0.25) is 0 Å². The van der Waals surface area contributed by atoms with Crippen molar-refractivity contribution in [1.82, 2.24) is 9.97 Å². The number of rotatable bonds is 1. The van der Waals surface area contributed by atoms with Gasteiger partial charge in [-0.15, -0.1) is 0 Å². The molecule has 4 heteroatoms. The predicted octanol–water partition coefficient (Wildman–Crippen LogP) is 1.95. The van der Waals surface area contributed by atoms with Gasteiger partial charge in [-0.1, -0.05) is 19.8 Å². The summed E-state index contributed by atoms with van der Waals surface area (Å²) in [6.45, 7) is 3.95. The summed E-state index contributed by atoms with van der Waals surface area (Å²) in [6.07, 6.45) is 4.70. The molecule has 0 spiro atoms. The van der Waals surface area contributed by atoms with Crippen LogP contribution >= 0.6 is 0 Å². The maximum absolute atomic E-state index is 11.6. The van der Waals surface area contributed by atoms with Gasteiger partial charge in [-0.25, -0.2) is 4.98 Å². The minimum atomic E-state index is -0.0965. The van der Waals surface area contributed by atoms with Gasteiger partial charge >= 0.3 is 0 Å². The number of hydrogen-bond acceptors (Lipinski definition) is 3. The van der Waals surface area contributed by atoms with Crippen LogP contribution in [0.15, 0.2) is 4.79 Å². The van der Waals surface area contributed by atoms with Crippen molar-refractivity contribution in [3.05, 3.63) is 21.7 Å². The van der Waals surface area contributed by atoms with E-state index in [1.54, 1.807) is 6.92 Å². The molecule has 16 heavy (non-hydrogen) atoms. The van der Waals surface area contributed by atoms with Crippen LogP contribution < -0.4 is 11.3 Å². The average molecular weight is 221 g/mol. The van der Waals surface area contributed by atoms with Gasteiger partial charge in [0.1, 0.15) is 11.6 Å². The number of aromatic nitrogens is 2. The molecule has 1 aliphatic carbocycles. The summed E-state index contributed by atoms with van der Waals surface area (Å²) in [5.74, 6) is 2.24. The lowest BCUT2D eigenvalue weighted by Gasteiger charge is -2.25. The van der Waals surface area contributed by atoms with E-state index in [2.05, 4.69) is 16.9 Å². The third-order valence-corrected chi connectivity index (χ3v) is 3.53. The van der Waals surface area contributed by atoms with Crippen molar-refractivity contribution < 1.29 is 0 Å². The summed E-state index contributed by atoms with van der Waals surface area (Å²) in [7, 11) is 0. The summed E-state index contributed by atoms with van der Waals surface area (Å²) in [5, 5.41) is 0. The van der Waals surface area contributed by atoms with Crippen molar-refractivity contribution in [2.75, 3.05) is 5.73 Å². The number of aromatic amines is 1. The lowest BCUT2D eigenvalue weighted by atomic mass is 9.82. The highest BCUT2D eigenvalue weighted by Gasteiger charge is 2.22. The Bertz CT molecular complexity index is 438. The number of nitrogens with zero attached hydrogens (tertiary/aromatic N) is 1. The molecule has 88 valence electrons. The molecule has 0 amide bonds. The summed E-state index contributed by atoms with van der Waals surface area (Å²) in [6, 6.07) is 0. The molecule has 0 aliphatic heterocycles. The molecule has 1 heterocycles. The van der Waals surface area contributed by atoms with Gasteiger partial charge < -0.3 is 10.7 Å². The van der Waals surface area contributed by atoms with Gasteiger partial charge in [-0.3, -0.25) is 4.79 Å². The molecule has 1 aromatic rings. The summed E-state index contributed by atoms with van der Waals surface area (Å²) >= 11 is 0. The van der Waals surface area contributed by atoms with Crippen molar-refractivity contribution in [3.8, 4) is 0 Å².